The number of nitrogens with two attached hydrogens (primary N) is 1. The van der Waals surface area contributed by atoms with Gasteiger partial charge in [-0.25, -0.2) is 4.79 Å². The number of carboxylic acid groups (broad SMARTS) is 1. The SMILES string of the molecule is Nc1cccc2sc(C(=O)O)c(Br)c12. The van der Waals surface area contributed by atoms with E-state index in [2.05, 4.69) is 15.9 Å². The number of thiophene rings is 1. The van der Waals surface area contributed by atoms with Crippen LogP contribution in [0.25, 0.3) is 10.1 Å². The fraction of sp³-hybridized carbons (Fsp3) is 0. The molecule has 72 valence electrons. The first-order chi connectivity index (χ1) is 6.61. The van der Waals surface area contributed by atoms with Crippen LogP contribution < -0.4 is 5.73 Å². The Morgan fingerprint density at radius 2 is 2.21 bits per heavy atom. The van der Waals surface area contributed by atoms with Crippen molar-refractivity contribution in [1.29, 1.82) is 0 Å². The molecule has 0 aliphatic rings. The molecule has 0 spiro atoms. The van der Waals surface area contributed by atoms with Gasteiger partial charge in [0.1, 0.15) is 4.88 Å². The molecule has 5 heteroatoms. The summed E-state index contributed by atoms with van der Waals surface area (Å²) >= 11 is 4.47. The molecule has 0 unspecified atom stereocenters. The largest absolute Gasteiger partial charge is 0.477 e. The number of benzene rings is 1. The van der Waals surface area contributed by atoms with Crippen molar-refractivity contribution < 1.29 is 9.90 Å². The van der Waals surface area contributed by atoms with Gasteiger partial charge in [0.2, 0.25) is 0 Å². The molecule has 1 aromatic carbocycles. The first-order valence-electron chi connectivity index (χ1n) is 3.81. The number of carbonyl (C=O) groups is 1. The van der Waals surface area contributed by atoms with E-state index in [0.29, 0.717) is 10.2 Å². The van der Waals surface area contributed by atoms with Crippen LogP contribution in [-0.2, 0) is 0 Å². The highest BCUT2D eigenvalue weighted by Crippen LogP contribution is 2.38. The number of halogens is 1. The summed E-state index contributed by atoms with van der Waals surface area (Å²) < 4.78 is 1.46. The second kappa shape index (κ2) is 3.25. The van der Waals surface area contributed by atoms with Gasteiger partial charge in [-0.05, 0) is 28.1 Å². The highest BCUT2D eigenvalue weighted by molar-refractivity contribution is 9.10. The predicted octanol–water partition coefficient (Wildman–Crippen LogP) is 2.94. The van der Waals surface area contributed by atoms with Crippen LogP contribution in [0.15, 0.2) is 22.7 Å². The zero-order valence-corrected chi connectivity index (χ0v) is 9.35. The van der Waals surface area contributed by atoms with Gasteiger partial charge in [-0.15, -0.1) is 11.3 Å². The van der Waals surface area contributed by atoms with Crippen LogP contribution in [0.3, 0.4) is 0 Å². The Morgan fingerprint density at radius 3 is 2.79 bits per heavy atom. The summed E-state index contributed by atoms with van der Waals surface area (Å²) in [4.78, 5) is 11.1. The second-order valence-corrected chi connectivity index (χ2v) is 4.62. The zero-order chi connectivity index (χ0) is 10.3. The molecule has 0 fully saturated rings. The summed E-state index contributed by atoms with van der Waals surface area (Å²) in [6, 6.07) is 5.42. The number of anilines is 1. The Kier molecular flexibility index (Phi) is 2.20. The molecule has 0 saturated carbocycles. The van der Waals surface area contributed by atoms with Crippen molar-refractivity contribution in [2.24, 2.45) is 0 Å². The minimum atomic E-state index is -0.933. The third kappa shape index (κ3) is 1.29. The van der Waals surface area contributed by atoms with Crippen molar-refractivity contribution in [3.05, 3.63) is 27.5 Å². The summed E-state index contributed by atoms with van der Waals surface area (Å²) in [6.07, 6.45) is 0. The highest BCUT2D eigenvalue weighted by Gasteiger charge is 2.16. The predicted molar refractivity (Wildman–Crippen MR) is 60.9 cm³/mol. The molecule has 0 aliphatic heterocycles. The van der Waals surface area contributed by atoms with Gasteiger partial charge in [-0.2, -0.15) is 0 Å². The minimum absolute atomic E-state index is 0.290. The molecular weight excluding hydrogens is 266 g/mol. The Morgan fingerprint density at radius 1 is 1.50 bits per heavy atom. The molecular formula is C9H6BrNO2S. The Labute approximate surface area is 92.3 Å². The van der Waals surface area contributed by atoms with Gasteiger partial charge in [0.25, 0.3) is 0 Å². The van der Waals surface area contributed by atoms with Gasteiger partial charge in [0.15, 0.2) is 0 Å². The molecule has 0 aliphatic carbocycles. The molecule has 0 saturated heterocycles. The molecule has 0 atom stereocenters. The van der Waals surface area contributed by atoms with E-state index in [1.54, 1.807) is 6.07 Å². The van der Waals surface area contributed by atoms with E-state index in [1.807, 2.05) is 12.1 Å². The maximum Gasteiger partial charge on any atom is 0.347 e. The van der Waals surface area contributed by atoms with Crippen LogP contribution in [0.1, 0.15) is 9.67 Å². The van der Waals surface area contributed by atoms with E-state index < -0.39 is 5.97 Å². The fourth-order valence-electron chi connectivity index (χ4n) is 1.27. The number of fused-ring (bicyclic) bond motifs is 1. The topological polar surface area (TPSA) is 63.3 Å². The van der Waals surface area contributed by atoms with E-state index >= 15 is 0 Å². The third-order valence-corrected chi connectivity index (χ3v) is 4.08. The quantitative estimate of drug-likeness (QED) is 0.784. The van der Waals surface area contributed by atoms with E-state index in [-0.39, 0.29) is 4.88 Å². The lowest BCUT2D eigenvalue weighted by atomic mass is 10.2. The standard InChI is InChI=1S/C9H6BrNO2S/c10-7-6-4(11)2-1-3-5(6)14-8(7)9(12)13/h1-3H,11H2,(H,12,13). The van der Waals surface area contributed by atoms with Crippen LogP contribution in [-0.4, -0.2) is 11.1 Å². The van der Waals surface area contributed by atoms with Crippen molar-refractivity contribution >= 4 is 49.0 Å². The normalized spacial score (nSPS) is 10.6. The van der Waals surface area contributed by atoms with Crippen molar-refractivity contribution in [3.63, 3.8) is 0 Å². The molecule has 2 rings (SSSR count). The van der Waals surface area contributed by atoms with Gasteiger partial charge < -0.3 is 10.8 Å². The van der Waals surface area contributed by atoms with Gasteiger partial charge >= 0.3 is 5.97 Å². The van der Waals surface area contributed by atoms with Crippen molar-refractivity contribution in [1.82, 2.24) is 0 Å². The van der Waals surface area contributed by atoms with Crippen LogP contribution in [0.2, 0.25) is 0 Å². The van der Waals surface area contributed by atoms with Gasteiger partial charge in [0, 0.05) is 15.8 Å². The van der Waals surface area contributed by atoms with E-state index in [4.69, 9.17) is 10.8 Å². The number of hydrogen-bond acceptors (Lipinski definition) is 3. The average molecular weight is 272 g/mol. The Balaban J connectivity index is 2.87. The van der Waals surface area contributed by atoms with Crippen molar-refractivity contribution in [3.8, 4) is 0 Å². The summed E-state index contributed by atoms with van der Waals surface area (Å²) in [5.74, 6) is -0.933. The smallest absolute Gasteiger partial charge is 0.347 e. The lowest BCUT2D eigenvalue weighted by Crippen LogP contribution is -1.92. The number of rotatable bonds is 1. The maximum absolute atomic E-state index is 10.8. The third-order valence-electron chi connectivity index (χ3n) is 1.88. The fourth-order valence-corrected chi connectivity index (χ4v) is 3.23. The zero-order valence-electron chi connectivity index (χ0n) is 6.95. The van der Waals surface area contributed by atoms with Crippen LogP contribution >= 0.6 is 27.3 Å². The molecule has 3 nitrogen and oxygen atoms in total. The van der Waals surface area contributed by atoms with Gasteiger partial charge in [0.05, 0.1) is 4.47 Å². The second-order valence-electron chi connectivity index (χ2n) is 2.77. The van der Waals surface area contributed by atoms with Crippen molar-refractivity contribution in [2.75, 3.05) is 5.73 Å². The van der Waals surface area contributed by atoms with E-state index in [0.717, 1.165) is 10.1 Å². The monoisotopic (exact) mass is 271 g/mol. The summed E-state index contributed by atoms with van der Waals surface area (Å²) in [7, 11) is 0. The van der Waals surface area contributed by atoms with Gasteiger partial charge in [-0.1, -0.05) is 6.07 Å². The molecule has 0 radical (unpaired) electrons. The van der Waals surface area contributed by atoms with E-state index in [1.165, 1.54) is 11.3 Å². The number of nitrogen functional groups attached to an aromatic ring is 1. The van der Waals surface area contributed by atoms with Crippen LogP contribution in [0, 0.1) is 0 Å². The minimum Gasteiger partial charge on any atom is -0.477 e. The maximum atomic E-state index is 10.8. The Bertz CT molecular complexity index is 521. The Hall–Kier alpha value is -1.07. The molecule has 1 aromatic heterocycles. The lowest BCUT2D eigenvalue weighted by Gasteiger charge is -1.95. The van der Waals surface area contributed by atoms with Crippen LogP contribution in [0.4, 0.5) is 5.69 Å². The van der Waals surface area contributed by atoms with Gasteiger partial charge in [-0.3, -0.25) is 0 Å². The first kappa shape index (κ1) is 9.48. The summed E-state index contributed by atoms with van der Waals surface area (Å²) in [5, 5.41) is 9.68. The summed E-state index contributed by atoms with van der Waals surface area (Å²) in [6.45, 7) is 0. The highest BCUT2D eigenvalue weighted by atomic mass is 79.9. The number of hydrogen-bond donors (Lipinski definition) is 2. The molecule has 2 aromatic rings. The number of carboxylic acids is 1. The summed E-state index contributed by atoms with van der Waals surface area (Å²) in [5.41, 5.74) is 6.35. The molecule has 14 heavy (non-hydrogen) atoms. The first-order valence-corrected chi connectivity index (χ1v) is 5.42. The molecule has 3 N–H and O–H groups in total. The molecule has 1 heterocycles. The molecule has 0 amide bonds. The number of aromatic carboxylic acids is 1. The van der Waals surface area contributed by atoms with E-state index in [9.17, 15) is 4.79 Å². The van der Waals surface area contributed by atoms with Crippen molar-refractivity contribution in [2.45, 2.75) is 0 Å². The lowest BCUT2D eigenvalue weighted by molar-refractivity contribution is 0.0701. The average Bonchev–Trinajstić information content (AvgIpc) is 2.45. The van der Waals surface area contributed by atoms with Crippen LogP contribution in [0.5, 0.6) is 0 Å². The molecule has 0 bridgehead atoms.